The minimum atomic E-state index is -0.375. The first-order valence-electron chi connectivity index (χ1n) is 6.91. The van der Waals surface area contributed by atoms with Crippen molar-refractivity contribution in [3.63, 3.8) is 0 Å². The van der Waals surface area contributed by atoms with Crippen LogP contribution in [0, 0.1) is 5.82 Å². The fourth-order valence-electron chi connectivity index (χ4n) is 2.06. The fraction of sp³-hybridized carbons (Fsp3) is 0.235. The van der Waals surface area contributed by atoms with Crippen LogP contribution < -0.4 is 4.57 Å². The predicted octanol–water partition coefficient (Wildman–Crippen LogP) is 1.74. The number of benzene rings is 1. The summed E-state index contributed by atoms with van der Waals surface area (Å²) in [6, 6.07) is 8.90. The van der Waals surface area contributed by atoms with E-state index < -0.39 is 0 Å². The van der Waals surface area contributed by atoms with Crippen molar-refractivity contribution < 1.29 is 18.5 Å². The smallest absolute Gasteiger partial charge is 0.227 e. The van der Waals surface area contributed by atoms with Gasteiger partial charge in [0, 0.05) is 11.6 Å². The third-order valence-corrected chi connectivity index (χ3v) is 3.13. The number of ketones is 2. The van der Waals surface area contributed by atoms with Crippen LogP contribution >= 0.6 is 0 Å². The second-order valence-electron chi connectivity index (χ2n) is 5.36. The zero-order valence-corrected chi connectivity index (χ0v) is 12.6. The summed E-state index contributed by atoms with van der Waals surface area (Å²) >= 11 is 0. The Morgan fingerprint density at radius 1 is 1.05 bits per heavy atom. The standard InChI is InChI=1S/C17H18FN2O2/c1-19(2)11-16(21)14-4-3-9-20(10-14)12-17(22)13-5-7-15(18)8-6-13/h3-10H,11-12H2,1-2H3/q+1. The molecule has 22 heavy (non-hydrogen) atoms. The molecule has 1 heterocycles. The lowest BCUT2D eigenvalue weighted by atomic mass is 10.1. The van der Waals surface area contributed by atoms with Gasteiger partial charge in [0.2, 0.25) is 12.3 Å². The zero-order chi connectivity index (χ0) is 16.1. The minimum absolute atomic E-state index is 0.00594. The number of rotatable bonds is 6. The van der Waals surface area contributed by atoms with Crippen molar-refractivity contribution in [1.82, 2.24) is 4.90 Å². The van der Waals surface area contributed by atoms with Crippen molar-refractivity contribution in [2.24, 2.45) is 0 Å². The van der Waals surface area contributed by atoms with Crippen molar-refractivity contribution in [2.45, 2.75) is 6.54 Å². The van der Waals surface area contributed by atoms with Crippen LogP contribution in [0.15, 0.2) is 48.8 Å². The first-order chi connectivity index (χ1) is 10.5. The van der Waals surface area contributed by atoms with Crippen LogP contribution in [0.3, 0.4) is 0 Å². The average Bonchev–Trinajstić information content (AvgIpc) is 2.47. The SMILES string of the molecule is CN(C)CC(=O)c1ccc[n+](CC(=O)c2ccc(F)cc2)c1. The van der Waals surface area contributed by atoms with Gasteiger partial charge in [-0.05, 0) is 44.4 Å². The second-order valence-corrected chi connectivity index (χ2v) is 5.36. The van der Waals surface area contributed by atoms with E-state index in [1.54, 1.807) is 34.0 Å². The second kappa shape index (κ2) is 7.04. The molecule has 0 unspecified atom stereocenters. The Hall–Kier alpha value is -2.40. The summed E-state index contributed by atoms with van der Waals surface area (Å²) in [5.74, 6) is -0.517. The van der Waals surface area contributed by atoms with E-state index in [1.165, 1.54) is 24.3 Å². The molecule has 1 aromatic carbocycles. The van der Waals surface area contributed by atoms with E-state index in [2.05, 4.69) is 0 Å². The molecule has 4 nitrogen and oxygen atoms in total. The van der Waals surface area contributed by atoms with Crippen molar-refractivity contribution in [1.29, 1.82) is 0 Å². The van der Waals surface area contributed by atoms with Gasteiger partial charge in [0.1, 0.15) is 5.82 Å². The fourth-order valence-corrected chi connectivity index (χ4v) is 2.06. The van der Waals surface area contributed by atoms with Gasteiger partial charge in [-0.2, -0.15) is 4.57 Å². The van der Waals surface area contributed by atoms with Crippen LogP contribution in [-0.2, 0) is 6.54 Å². The van der Waals surface area contributed by atoms with Gasteiger partial charge in [0.15, 0.2) is 18.2 Å². The van der Waals surface area contributed by atoms with E-state index >= 15 is 0 Å². The lowest BCUT2D eigenvalue weighted by Crippen LogP contribution is -2.38. The molecule has 0 spiro atoms. The molecule has 0 saturated carbocycles. The van der Waals surface area contributed by atoms with Gasteiger partial charge in [-0.3, -0.25) is 9.59 Å². The van der Waals surface area contributed by atoms with Gasteiger partial charge in [-0.25, -0.2) is 4.39 Å². The summed E-state index contributed by atoms with van der Waals surface area (Å²) in [6.07, 6.45) is 3.39. The molecular formula is C17H18FN2O2+. The van der Waals surface area contributed by atoms with E-state index in [4.69, 9.17) is 0 Å². The Kier molecular flexibility index (Phi) is 5.12. The Morgan fingerprint density at radius 2 is 1.73 bits per heavy atom. The topological polar surface area (TPSA) is 41.3 Å². The summed E-state index contributed by atoms with van der Waals surface area (Å²) in [4.78, 5) is 26.0. The number of carbonyl (C=O) groups excluding carboxylic acids is 2. The van der Waals surface area contributed by atoms with Crippen LogP contribution in [-0.4, -0.2) is 37.1 Å². The number of likely N-dealkylation sites (N-methyl/N-ethyl adjacent to an activating group) is 1. The molecule has 1 aromatic heterocycles. The maximum absolute atomic E-state index is 12.9. The highest BCUT2D eigenvalue weighted by Crippen LogP contribution is 2.04. The molecule has 0 saturated heterocycles. The number of nitrogens with zero attached hydrogens (tertiary/aromatic N) is 2. The van der Waals surface area contributed by atoms with Gasteiger partial charge >= 0.3 is 0 Å². The first-order valence-corrected chi connectivity index (χ1v) is 6.91. The van der Waals surface area contributed by atoms with Gasteiger partial charge in [0.25, 0.3) is 0 Å². The van der Waals surface area contributed by atoms with Crippen molar-refractivity contribution in [3.8, 4) is 0 Å². The molecular weight excluding hydrogens is 283 g/mol. The van der Waals surface area contributed by atoms with Crippen LogP contribution in [0.5, 0.6) is 0 Å². The van der Waals surface area contributed by atoms with Gasteiger partial charge in [0.05, 0.1) is 12.1 Å². The number of carbonyl (C=O) groups is 2. The number of Topliss-reactive ketones (excluding diaryl/α,β-unsaturated/α-hetero) is 2. The Balaban J connectivity index is 2.11. The number of aromatic nitrogens is 1. The Morgan fingerprint density at radius 3 is 2.36 bits per heavy atom. The third kappa shape index (κ3) is 4.30. The van der Waals surface area contributed by atoms with E-state index in [0.29, 0.717) is 17.7 Å². The molecule has 114 valence electrons. The number of hydrogen-bond donors (Lipinski definition) is 0. The summed E-state index contributed by atoms with van der Waals surface area (Å²) in [7, 11) is 3.65. The highest BCUT2D eigenvalue weighted by molar-refractivity contribution is 5.97. The zero-order valence-electron chi connectivity index (χ0n) is 12.6. The molecule has 0 amide bonds. The number of hydrogen-bond acceptors (Lipinski definition) is 3. The van der Waals surface area contributed by atoms with Gasteiger partial charge in [-0.1, -0.05) is 0 Å². The molecule has 5 heteroatoms. The normalized spacial score (nSPS) is 10.7. The highest BCUT2D eigenvalue weighted by atomic mass is 19.1. The van der Waals surface area contributed by atoms with Crippen molar-refractivity contribution in [2.75, 3.05) is 20.6 Å². The summed E-state index contributed by atoms with van der Waals surface area (Å²) < 4.78 is 14.5. The first kappa shape index (κ1) is 16.0. The molecule has 2 rings (SSSR count). The molecule has 2 aromatic rings. The summed E-state index contributed by atoms with van der Waals surface area (Å²) in [5, 5.41) is 0. The lowest BCUT2D eigenvalue weighted by Gasteiger charge is -2.07. The van der Waals surface area contributed by atoms with E-state index in [-0.39, 0.29) is 23.9 Å². The van der Waals surface area contributed by atoms with E-state index in [1.807, 2.05) is 14.1 Å². The predicted molar refractivity (Wildman–Crippen MR) is 80.3 cm³/mol. The van der Waals surface area contributed by atoms with Gasteiger partial charge < -0.3 is 4.90 Å². The molecule has 0 fully saturated rings. The molecule has 0 N–H and O–H groups in total. The maximum Gasteiger partial charge on any atom is 0.227 e. The summed E-state index contributed by atoms with van der Waals surface area (Å²) in [5.41, 5.74) is 1.00. The molecule has 0 bridgehead atoms. The van der Waals surface area contributed by atoms with Gasteiger partial charge in [-0.15, -0.1) is 0 Å². The number of pyridine rings is 1. The lowest BCUT2D eigenvalue weighted by molar-refractivity contribution is -0.683. The van der Waals surface area contributed by atoms with Crippen LogP contribution in [0.2, 0.25) is 0 Å². The largest absolute Gasteiger partial charge is 0.302 e. The van der Waals surface area contributed by atoms with Crippen molar-refractivity contribution >= 4 is 11.6 Å². The van der Waals surface area contributed by atoms with E-state index in [0.717, 1.165) is 0 Å². The van der Waals surface area contributed by atoms with Crippen molar-refractivity contribution in [3.05, 3.63) is 65.7 Å². The van der Waals surface area contributed by atoms with E-state index in [9.17, 15) is 14.0 Å². The minimum Gasteiger partial charge on any atom is -0.302 e. The average molecular weight is 301 g/mol. The monoisotopic (exact) mass is 301 g/mol. The van der Waals surface area contributed by atoms with Crippen LogP contribution in [0.25, 0.3) is 0 Å². The number of halogens is 1. The molecule has 0 aliphatic carbocycles. The van der Waals surface area contributed by atoms with Crippen LogP contribution in [0.1, 0.15) is 20.7 Å². The Labute approximate surface area is 128 Å². The molecule has 0 aliphatic rings. The highest BCUT2D eigenvalue weighted by Gasteiger charge is 2.15. The van der Waals surface area contributed by atoms with Crippen LogP contribution in [0.4, 0.5) is 4.39 Å². The molecule has 0 radical (unpaired) electrons. The summed E-state index contributed by atoms with van der Waals surface area (Å²) in [6.45, 7) is 0.421. The third-order valence-electron chi connectivity index (χ3n) is 3.13. The maximum atomic E-state index is 12.9. The molecule has 0 atom stereocenters. The quantitative estimate of drug-likeness (QED) is 0.603. The Bertz CT molecular complexity index is 681. The molecule has 0 aliphatic heterocycles.